The van der Waals surface area contributed by atoms with Crippen molar-refractivity contribution in [2.24, 2.45) is 0 Å². The number of nitrogens with two attached hydrogens (primary N) is 1. The summed E-state index contributed by atoms with van der Waals surface area (Å²) in [4.78, 5) is 18.0. The summed E-state index contributed by atoms with van der Waals surface area (Å²) in [6.07, 6.45) is 1.63. The second-order valence-electron chi connectivity index (χ2n) is 10.1. The molecule has 1 saturated heterocycles. The fourth-order valence-corrected chi connectivity index (χ4v) is 5.45. The van der Waals surface area contributed by atoms with E-state index in [9.17, 15) is 9.90 Å². The molecule has 3 aromatic carbocycles. The molecule has 1 aliphatic rings. The molecule has 3 N–H and O–H groups in total. The number of rotatable bonds is 10. The predicted molar refractivity (Wildman–Crippen MR) is 154 cm³/mol. The highest BCUT2D eigenvalue weighted by atomic mass is 16.5. The number of hydrogen-bond donors (Lipinski definition) is 2. The van der Waals surface area contributed by atoms with E-state index in [-0.39, 0.29) is 19.1 Å². The molecule has 0 amide bonds. The summed E-state index contributed by atoms with van der Waals surface area (Å²) < 4.78 is 13.6. The van der Waals surface area contributed by atoms with Crippen LogP contribution in [0.3, 0.4) is 0 Å². The number of anilines is 1. The molecular formula is C31H31N5O4. The molecule has 1 aliphatic heterocycles. The van der Waals surface area contributed by atoms with Crippen molar-refractivity contribution in [2.45, 2.75) is 19.1 Å². The summed E-state index contributed by atoms with van der Waals surface area (Å²) in [5.41, 5.74) is 10.8. The van der Waals surface area contributed by atoms with E-state index in [1.807, 2.05) is 42.5 Å². The Bertz CT molecular complexity index is 1690. The molecule has 3 heterocycles. The first-order chi connectivity index (χ1) is 19.5. The van der Waals surface area contributed by atoms with Crippen LogP contribution in [0.15, 0.2) is 72.9 Å². The van der Waals surface area contributed by atoms with E-state index in [0.29, 0.717) is 23.7 Å². The second kappa shape index (κ2) is 11.0. The molecule has 0 saturated carbocycles. The highest BCUT2D eigenvalue weighted by molar-refractivity contribution is 6.02. The van der Waals surface area contributed by atoms with Gasteiger partial charge < -0.3 is 20.3 Å². The quantitative estimate of drug-likeness (QED) is 0.267. The minimum absolute atomic E-state index is 0.101. The number of benzene rings is 3. The number of para-hydroxylation sites is 1. The zero-order valence-corrected chi connectivity index (χ0v) is 22.3. The number of ether oxygens (including phenoxy) is 2. The van der Waals surface area contributed by atoms with E-state index in [1.54, 1.807) is 19.4 Å². The standard InChI is InChI=1S/C31H31N5O4/c1-39-14-13-35-17-22(18-35)36-28(19-40-29-8-3-2-5-21(29)16-30(37)38)26-15-20(9-10-27(26)34-36)23-6-4-7-25-24(23)11-12-33-31(25)32/h2-12,15,22H,13-14,16-19H2,1H3,(H2,32,33)(H,37,38). The number of pyridine rings is 1. The van der Waals surface area contributed by atoms with Crippen molar-refractivity contribution in [1.29, 1.82) is 0 Å². The zero-order chi connectivity index (χ0) is 27.6. The average molecular weight is 538 g/mol. The summed E-state index contributed by atoms with van der Waals surface area (Å²) in [7, 11) is 1.72. The number of nitrogen functional groups attached to an aromatic ring is 1. The zero-order valence-electron chi connectivity index (χ0n) is 22.3. The van der Waals surface area contributed by atoms with Gasteiger partial charge >= 0.3 is 5.97 Å². The number of aliphatic carboxylic acids is 1. The maximum Gasteiger partial charge on any atom is 0.307 e. The van der Waals surface area contributed by atoms with Crippen LogP contribution in [-0.2, 0) is 22.6 Å². The summed E-state index contributed by atoms with van der Waals surface area (Å²) in [5.74, 6) is 0.174. The van der Waals surface area contributed by atoms with E-state index < -0.39 is 5.97 Å². The molecule has 0 unspecified atom stereocenters. The highest BCUT2D eigenvalue weighted by Gasteiger charge is 2.31. The highest BCUT2D eigenvalue weighted by Crippen LogP contribution is 2.35. The van der Waals surface area contributed by atoms with Crippen LogP contribution in [0.5, 0.6) is 5.75 Å². The van der Waals surface area contributed by atoms with E-state index >= 15 is 0 Å². The number of hydrogen-bond acceptors (Lipinski definition) is 7. The summed E-state index contributed by atoms with van der Waals surface area (Å²) >= 11 is 0. The molecule has 9 heteroatoms. The maximum absolute atomic E-state index is 11.4. The van der Waals surface area contributed by atoms with Crippen LogP contribution in [0.2, 0.25) is 0 Å². The van der Waals surface area contributed by atoms with Crippen LogP contribution < -0.4 is 10.5 Å². The number of nitrogens with zero attached hydrogens (tertiary/aromatic N) is 4. The normalized spacial score (nSPS) is 14.0. The Morgan fingerprint density at radius 3 is 2.73 bits per heavy atom. The van der Waals surface area contributed by atoms with Crippen LogP contribution in [0, 0.1) is 0 Å². The van der Waals surface area contributed by atoms with Gasteiger partial charge in [-0.2, -0.15) is 5.10 Å². The molecule has 0 spiro atoms. The topological polar surface area (TPSA) is 116 Å². The van der Waals surface area contributed by atoms with Crippen molar-refractivity contribution in [3.05, 3.63) is 84.2 Å². The number of aromatic nitrogens is 3. The molecule has 0 radical (unpaired) electrons. The van der Waals surface area contributed by atoms with Gasteiger partial charge in [0.1, 0.15) is 18.2 Å². The van der Waals surface area contributed by atoms with Crippen molar-refractivity contribution in [1.82, 2.24) is 19.7 Å². The Balaban J connectivity index is 1.39. The minimum Gasteiger partial charge on any atom is -0.487 e. The van der Waals surface area contributed by atoms with Gasteiger partial charge in [-0.1, -0.05) is 42.5 Å². The van der Waals surface area contributed by atoms with E-state index in [4.69, 9.17) is 20.3 Å². The second-order valence-corrected chi connectivity index (χ2v) is 10.1. The summed E-state index contributed by atoms with van der Waals surface area (Å²) in [6.45, 7) is 3.59. The lowest BCUT2D eigenvalue weighted by Gasteiger charge is -2.39. The Kier molecular flexibility index (Phi) is 7.06. The largest absolute Gasteiger partial charge is 0.487 e. The minimum atomic E-state index is -0.896. The molecule has 0 aliphatic carbocycles. The van der Waals surface area contributed by atoms with Gasteiger partial charge in [0.05, 0.1) is 30.3 Å². The number of carboxylic acid groups (broad SMARTS) is 1. The van der Waals surface area contributed by atoms with Crippen LogP contribution in [-0.4, -0.2) is 64.1 Å². The fraction of sp³-hybridized carbons (Fsp3) is 0.258. The third kappa shape index (κ3) is 4.97. The maximum atomic E-state index is 11.4. The lowest BCUT2D eigenvalue weighted by atomic mass is 9.97. The van der Waals surface area contributed by atoms with Gasteiger partial charge in [0, 0.05) is 49.3 Å². The van der Waals surface area contributed by atoms with Gasteiger partial charge in [-0.3, -0.25) is 14.4 Å². The summed E-state index contributed by atoms with van der Waals surface area (Å²) in [6, 6.07) is 21.9. The first kappa shape index (κ1) is 25.8. The van der Waals surface area contributed by atoms with Gasteiger partial charge in [0.15, 0.2) is 0 Å². The molecule has 1 fully saturated rings. The molecule has 2 aromatic heterocycles. The SMILES string of the molecule is COCCN1CC(n2nc3ccc(-c4cccc5c(N)nccc45)cc3c2COc2ccccc2CC(=O)O)C1. The van der Waals surface area contributed by atoms with E-state index in [1.165, 1.54) is 0 Å². The number of fused-ring (bicyclic) bond motifs is 2. The molecule has 9 nitrogen and oxygen atoms in total. The Morgan fingerprint density at radius 1 is 1.05 bits per heavy atom. The molecule has 204 valence electrons. The van der Waals surface area contributed by atoms with Gasteiger partial charge in [0.2, 0.25) is 0 Å². The van der Waals surface area contributed by atoms with Crippen molar-refractivity contribution < 1.29 is 19.4 Å². The summed E-state index contributed by atoms with van der Waals surface area (Å²) in [5, 5.41) is 17.3. The van der Waals surface area contributed by atoms with E-state index in [0.717, 1.165) is 58.1 Å². The Morgan fingerprint density at radius 2 is 1.90 bits per heavy atom. The van der Waals surface area contributed by atoms with E-state index in [2.05, 4.69) is 32.8 Å². The van der Waals surface area contributed by atoms with Gasteiger partial charge in [-0.05, 0) is 40.8 Å². The van der Waals surface area contributed by atoms with Gasteiger partial charge in [-0.25, -0.2) is 4.98 Å². The third-order valence-corrected chi connectivity index (χ3v) is 7.52. The number of carboxylic acids is 1. The monoisotopic (exact) mass is 537 g/mol. The first-order valence-corrected chi connectivity index (χ1v) is 13.3. The lowest BCUT2D eigenvalue weighted by Crippen LogP contribution is -2.49. The number of carbonyl (C=O) groups is 1. The van der Waals surface area contributed by atoms with Crippen molar-refractivity contribution in [3.63, 3.8) is 0 Å². The Hall–Kier alpha value is -4.47. The fourth-order valence-electron chi connectivity index (χ4n) is 5.45. The first-order valence-electron chi connectivity index (χ1n) is 13.3. The van der Waals surface area contributed by atoms with Crippen molar-refractivity contribution >= 4 is 33.5 Å². The molecule has 6 rings (SSSR count). The molecule has 0 atom stereocenters. The van der Waals surface area contributed by atoms with Crippen LogP contribution in [0.1, 0.15) is 17.3 Å². The molecule has 0 bridgehead atoms. The average Bonchev–Trinajstić information content (AvgIpc) is 3.28. The van der Waals surface area contributed by atoms with Gasteiger partial charge in [0.25, 0.3) is 0 Å². The number of methoxy groups -OCH3 is 1. The predicted octanol–water partition coefficient (Wildman–Crippen LogP) is 4.54. The van der Waals surface area contributed by atoms with Crippen LogP contribution in [0.4, 0.5) is 5.82 Å². The van der Waals surface area contributed by atoms with Crippen LogP contribution >= 0.6 is 0 Å². The lowest BCUT2D eigenvalue weighted by molar-refractivity contribution is -0.136. The molecule has 40 heavy (non-hydrogen) atoms. The van der Waals surface area contributed by atoms with Crippen molar-refractivity contribution in [3.8, 4) is 16.9 Å². The molecular weight excluding hydrogens is 506 g/mol. The molecule has 5 aromatic rings. The van der Waals surface area contributed by atoms with Crippen LogP contribution in [0.25, 0.3) is 32.8 Å². The number of likely N-dealkylation sites (tertiary alicyclic amines) is 1. The Labute approximate surface area is 231 Å². The van der Waals surface area contributed by atoms with Gasteiger partial charge in [-0.15, -0.1) is 0 Å². The smallest absolute Gasteiger partial charge is 0.307 e. The third-order valence-electron chi connectivity index (χ3n) is 7.52. The van der Waals surface area contributed by atoms with Crippen molar-refractivity contribution in [2.75, 3.05) is 39.1 Å².